The van der Waals surface area contributed by atoms with E-state index in [1.165, 1.54) is 0 Å². The highest BCUT2D eigenvalue weighted by molar-refractivity contribution is 5.89. The summed E-state index contributed by atoms with van der Waals surface area (Å²) < 4.78 is 0. The quantitative estimate of drug-likeness (QED) is 0.838. The maximum absolute atomic E-state index is 12.2. The number of rotatable bonds is 5. The lowest BCUT2D eigenvalue weighted by Crippen LogP contribution is -2.46. The van der Waals surface area contributed by atoms with E-state index < -0.39 is 0 Å². The van der Waals surface area contributed by atoms with Crippen molar-refractivity contribution in [2.24, 2.45) is 5.92 Å². The molecule has 1 saturated heterocycles. The summed E-state index contributed by atoms with van der Waals surface area (Å²) in [6.45, 7) is 1.02. The topological polar surface area (TPSA) is 58.6 Å². The van der Waals surface area contributed by atoms with Gasteiger partial charge in [-0.3, -0.25) is 14.4 Å². The molecule has 1 aromatic rings. The Bertz CT molecular complexity index is 514. The van der Waals surface area contributed by atoms with Crippen LogP contribution in [0.4, 0.5) is 0 Å². The SMILES string of the molecule is O=C(NOCc1ccccc1)C1CCCN1C(=O)C1CC1. The summed E-state index contributed by atoms with van der Waals surface area (Å²) in [6.07, 6.45) is 3.54. The second kappa shape index (κ2) is 6.26. The predicted octanol–water partition coefficient (Wildman–Crippen LogP) is 1.64. The predicted molar refractivity (Wildman–Crippen MR) is 76.8 cm³/mol. The van der Waals surface area contributed by atoms with Gasteiger partial charge in [0.05, 0.1) is 6.61 Å². The second-order valence-electron chi connectivity index (χ2n) is 5.70. The largest absolute Gasteiger partial charge is 0.330 e. The Kier molecular flexibility index (Phi) is 4.20. The molecule has 2 aliphatic rings. The van der Waals surface area contributed by atoms with E-state index >= 15 is 0 Å². The molecule has 1 aromatic carbocycles. The summed E-state index contributed by atoms with van der Waals surface area (Å²) in [5.74, 6) is 0.0803. The van der Waals surface area contributed by atoms with Gasteiger partial charge in [0.2, 0.25) is 5.91 Å². The van der Waals surface area contributed by atoms with Gasteiger partial charge in [0.15, 0.2) is 0 Å². The number of hydrogen-bond acceptors (Lipinski definition) is 3. The summed E-state index contributed by atoms with van der Waals surface area (Å²) in [5.41, 5.74) is 3.48. The number of benzene rings is 1. The first-order valence-electron chi connectivity index (χ1n) is 7.52. The monoisotopic (exact) mass is 288 g/mol. The molecule has 0 aromatic heterocycles. The van der Waals surface area contributed by atoms with Gasteiger partial charge in [0, 0.05) is 12.5 Å². The molecule has 3 rings (SSSR count). The van der Waals surface area contributed by atoms with E-state index in [9.17, 15) is 9.59 Å². The number of hydrogen-bond donors (Lipinski definition) is 1. The molecule has 5 heteroatoms. The molecule has 0 radical (unpaired) electrons. The van der Waals surface area contributed by atoms with Gasteiger partial charge in [0.1, 0.15) is 6.04 Å². The minimum absolute atomic E-state index is 0.135. The highest BCUT2D eigenvalue weighted by atomic mass is 16.6. The fourth-order valence-electron chi connectivity index (χ4n) is 2.70. The van der Waals surface area contributed by atoms with Crippen LogP contribution in [0.5, 0.6) is 0 Å². The third-order valence-electron chi connectivity index (χ3n) is 4.02. The van der Waals surface area contributed by atoms with Crippen molar-refractivity contribution in [2.75, 3.05) is 6.54 Å². The molecular weight excluding hydrogens is 268 g/mol. The maximum atomic E-state index is 12.2. The highest BCUT2D eigenvalue weighted by Crippen LogP contribution is 2.33. The zero-order valence-corrected chi connectivity index (χ0v) is 12.0. The van der Waals surface area contributed by atoms with Crippen molar-refractivity contribution in [1.29, 1.82) is 0 Å². The first kappa shape index (κ1) is 14.1. The van der Waals surface area contributed by atoms with Crippen LogP contribution in [0.2, 0.25) is 0 Å². The molecule has 1 saturated carbocycles. The normalized spacial score (nSPS) is 21.3. The number of likely N-dealkylation sites (tertiary alicyclic amines) is 1. The van der Waals surface area contributed by atoms with Gasteiger partial charge in [-0.15, -0.1) is 0 Å². The molecule has 2 amide bonds. The van der Waals surface area contributed by atoms with Crippen molar-refractivity contribution >= 4 is 11.8 Å². The lowest BCUT2D eigenvalue weighted by atomic mass is 10.2. The van der Waals surface area contributed by atoms with Gasteiger partial charge in [-0.1, -0.05) is 30.3 Å². The number of nitrogens with zero attached hydrogens (tertiary/aromatic N) is 1. The second-order valence-corrected chi connectivity index (χ2v) is 5.70. The molecule has 1 heterocycles. The van der Waals surface area contributed by atoms with Crippen LogP contribution in [0.1, 0.15) is 31.2 Å². The smallest absolute Gasteiger partial charge is 0.266 e. The van der Waals surface area contributed by atoms with Crippen molar-refractivity contribution in [3.05, 3.63) is 35.9 Å². The van der Waals surface area contributed by atoms with Gasteiger partial charge in [-0.05, 0) is 31.2 Å². The number of hydroxylamine groups is 1. The molecule has 0 bridgehead atoms. The average Bonchev–Trinajstić information content (AvgIpc) is 3.24. The maximum Gasteiger partial charge on any atom is 0.266 e. The van der Waals surface area contributed by atoms with E-state index in [0.717, 1.165) is 31.2 Å². The molecule has 112 valence electrons. The zero-order chi connectivity index (χ0) is 14.7. The molecule has 1 aliphatic carbocycles. The van der Waals surface area contributed by atoms with Crippen molar-refractivity contribution in [3.8, 4) is 0 Å². The molecule has 2 fully saturated rings. The Morgan fingerprint density at radius 1 is 1.19 bits per heavy atom. The lowest BCUT2D eigenvalue weighted by Gasteiger charge is -2.23. The minimum atomic E-state index is -0.367. The van der Waals surface area contributed by atoms with Gasteiger partial charge in [0.25, 0.3) is 5.91 Å². The third-order valence-corrected chi connectivity index (χ3v) is 4.02. The number of nitrogens with one attached hydrogen (secondary N) is 1. The summed E-state index contributed by atoms with van der Waals surface area (Å²) >= 11 is 0. The van der Waals surface area contributed by atoms with Crippen molar-refractivity contribution in [3.63, 3.8) is 0 Å². The van der Waals surface area contributed by atoms with Gasteiger partial charge < -0.3 is 4.90 Å². The fourth-order valence-corrected chi connectivity index (χ4v) is 2.70. The van der Waals surface area contributed by atoms with Crippen LogP contribution < -0.4 is 5.48 Å². The Balaban J connectivity index is 1.49. The standard InChI is InChI=1S/C16H20N2O3/c19-15(17-21-11-12-5-2-1-3-6-12)14-7-4-10-18(14)16(20)13-8-9-13/h1-3,5-6,13-14H,4,7-11H2,(H,17,19). The van der Waals surface area contributed by atoms with E-state index in [1.54, 1.807) is 4.90 Å². The molecule has 1 unspecified atom stereocenters. The van der Waals surface area contributed by atoms with Crippen LogP contribution in [0, 0.1) is 5.92 Å². The van der Waals surface area contributed by atoms with Gasteiger partial charge in [-0.25, -0.2) is 5.48 Å². The van der Waals surface area contributed by atoms with Crippen molar-refractivity contribution < 1.29 is 14.4 Å². The first-order valence-corrected chi connectivity index (χ1v) is 7.52. The van der Waals surface area contributed by atoms with Crippen LogP contribution in [0.3, 0.4) is 0 Å². The van der Waals surface area contributed by atoms with Crippen molar-refractivity contribution in [1.82, 2.24) is 10.4 Å². The number of carbonyl (C=O) groups excluding carboxylic acids is 2. The average molecular weight is 288 g/mol. The highest BCUT2D eigenvalue weighted by Gasteiger charge is 2.40. The van der Waals surface area contributed by atoms with Gasteiger partial charge in [-0.2, -0.15) is 0 Å². The van der Waals surface area contributed by atoms with E-state index in [1.807, 2.05) is 30.3 Å². The molecule has 5 nitrogen and oxygen atoms in total. The van der Waals surface area contributed by atoms with Crippen LogP contribution in [-0.4, -0.2) is 29.3 Å². The summed E-state index contributed by atoms with van der Waals surface area (Å²) in [5, 5.41) is 0. The Hall–Kier alpha value is -1.88. The van der Waals surface area contributed by atoms with Crippen LogP contribution in [0.25, 0.3) is 0 Å². The van der Waals surface area contributed by atoms with Crippen LogP contribution >= 0.6 is 0 Å². The van der Waals surface area contributed by atoms with Crippen LogP contribution in [0.15, 0.2) is 30.3 Å². The summed E-state index contributed by atoms with van der Waals surface area (Å²) in [7, 11) is 0. The lowest BCUT2D eigenvalue weighted by molar-refractivity contribution is -0.146. The first-order chi connectivity index (χ1) is 10.3. The van der Waals surface area contributed by atoms with E-state index in [2.05, 4.69) is 5.48 Å². The zero-order valence-electron chi connectivity index (χ0n) is 12.0. The van der Waals surface area contributed by atoms with E-state index in [-0.39, 0.29) is 23.8 Å². The Morgan fingerprint density at radius 2 is 1.95 bits per heavy atom. The Morgan fingerprint density at radius 3 is 2.67 bits per heavy atom. The number of carbonyl (C=O) groups is 2. The molecule has 1 atom stereocenters. The minimum Gasteiger partial charge on any atom is -0.330 e. The van der Waals surface area contributed by atoms with E-state index in [0.29, 0.717) is 13.2 Å². The fraction of sp³-hybridized carbons (Fsp3) is 0.500. The Labute approximate surface area is 124 Å². The summed E-state index contributed by atoms with van der Waals surface area (Å²) in [6, 6.07) is 9.28. The van der Waals surface area contributed by atoms with Gasteiger partial charge >= 0.3 is 0 Å². The van der Waals surface area contributed by atoms with Crippen LogP contribution in [-0.2, 0) is 21.0 Å². The van der Waals surface area contributed by atoms with Crippen molar-refractivity contribution in [2.45, 2.75) is 38.3 Å². The molecule has 1 aliphatic heterocycles. The number of amides is 2. The molecule has 0 spiro atoms. The summed E-state index contributed by atoms with van der Waals surface area (Å²) in [4.78, 5) is 31.3. The third kappa shape index (κ3) is 3.42. The van der Waals surface area contributed by atoms with E-state index in [4.69, 9.17) is 4.84 Å². The molecule has 21 heavy (non-hydrogen) atoms. The molecular formula is C16H20N2O3. The molecule has 1 N–H and O–H groups in total.